The molecule has 1 fully saturated rings. The molecule has 1 aromatic rings. The smallest absolute Gasteiger partial charge is 0.341 e. The van der Waals surface area contributed by atoms with E-state index in [1.165, 1.54) is 32.4 Å². The molecule has 0 atom stereocenters. The predicted molar refractivity (Wildman–Crippen MR) is 92.0 cm³/mol. The number of benzene rings is 1. The van der Waals surface area contributed by atoms with Crippen LogP contribution < -0.4 is 4.74 Å². The molecule has 0 N–H and O–H groups in total. The number of carbonyl (C=O) groups is 1. The number of esters is 1. The van der Waals surface area contributed by atoms with Crippen LogP contribution in [-0.4, -0.2) is 43.7 Å². The molecule has 0 saturated carbocycles. The largest absolute Gasteiger partial charge is 0.493 e. The number of hydrogen-bond donors (Lipinski definition) is 0. The number of nitrogens with zero attached hydrogens (tertiary/aromatic N) is 1. The molecule has 1 saturated heterocycles. The van der Waals surface area contributed by atoms with Gasteiger partial charge in [-0.25, -0.2) is 4.79 Å². The summed E-state index contributed by atoms with van der Waals surface area (Å²) in [5, 5.41) is 0. The van der Waals surface area contributed by atoms with E-state index in [0.29, 0.717) is 24.5 Å². The third-order valence-electron chi connectivity index (χ3n) is 4.16. The number of para-hydroxylation sites is 1. The highest BCUT2D eigenvalue weighted by Crippen LogP contribution is 2.19. The Hall–Kier alpha value is -1.55. The molecule has 0 radical (unpaired) electrons. The maximum Gasteiger partial charge on any atom is 0.341 e. The first-order valence-electron chi connectivity index (χ1n) is 8.92. The summed E-state index contributed by atoms with van der Waals surface area (Å²) in [6.07, 6.45) is 6.88. The number of unbranched alkanes of at least 4 members (excludes halogenated alkanes) is 1. The Balaban J connectivity index is 1.76. The van der Waals surface area contributed by atoms with Crippen molar-refractivity contribution in [1.29, 1.82) is 0 Å². The zero-order chi connectivity index (χ0) is 16.3. The van der Waals surface area contributed by atoms with Gasteiger partial charge in [-0.1, -0.05) is 31.9 Å². The number of hydrogen-bond acceptors (Lipinski definition) is 4. The van der Waals surface area contributed by atoms with E-state index in [2.05, 4.69) is 11.8 Å². The summed E-state index contributed by atoms with van der Waals surface area (Å²) in [5.74, 6) is 0.345. The molecule has 23 heavy (non-hydrogen) atoms. The lowest BCUT2D eigenvalue weighted by Crippen LogP contribution is -2.31. The van der Waals surface area contributed by atoms with E-state index >= 15 is 0 Å². The van der Waals surface area contributed by atoms with Crippen LogP contribution in [0.3, 0.4) is 0 Å². The summed E-state index contributed by atoms with van der Waals surface area (Å²) < 4.78 is 11.1. The van der Waals surface area contributed by atoms with E-state index < -0.39 is 0 Å². The van der Waals surface area contributed by atoms with Crippen molar-refractivity contribution in [3.05, 3.63) is 29.8 Å². The lowest BCUT2D eigenvalue weighted by atomic mass is 10.1. The van der Waals surface area contributed by atoms with Crippen LogP contribution in [0.25, 0.3) is 0 Å². The molecule has 1 heterocycles. The van der Waals surface area contributed by atoms with Crippen molar-refractivity contribution in [2.24, 2.45) is 0 Å². The Morgan fingerprint density at radius 2 is 1.87 bits per heavy atom. The predicted octanol–water partition coefficient (Wildman–Crippen LogP) is 3.90. The quantitative estimate of drug-likeness (QED) is 0.511. The molecule has 1 aliphatic rings. The summed E-state index contributed by atoms with van der Waals surface area (Å²) in [5.41, 5.74) is 0.529. The topological polar surface area (TPSA) is 38.8 Å². The van der Waals surface area contributed by atoms with E-state index in [-0.39, 0.29) is 5.97 Å². The van der Waals surface area contributed by atoms with Crippen LogP contribution in [-0.2, 0) is 4.74 Å². The average molecular weight is 319 g/mol. The molecule has 1 aromatic carbocycles. The van der Waals surface area contributed by atoms with Gasteiger partial charge in [0, 0.05) is 6.54 Å². The standard InChI is InChI=1S/C19H29NO3/c1-2-3-15-23-19(21)17-10-5-6-11-18(17)22-16-9-14-20-12-7-4-8-13-20/h5-6,10-11H,2-4,7-9,12-16H2,1H3. The first-order chi connectivity index (χ1) is 11.3. The van der Waals surface area contributed by atoms with E-state index in [4.69, 9.17) is 9.47 Å². The zero-order valence-corrected chi connectivity index (χ0v) is 14.3. The van der Waals surface area contributed by atoms with Crippen LogP contribution in [0.4, 0.5) is 0 Å². The SMILES string of the molecule is CCCCOC(=O)c1ccccc1OCCCN1CCCCC1. The van der Waals surface area contributed by atoms with Crippen molar-refractivity contribution in [3.8, 4) is 5.75 Å². The van der Waals surface area contributed by atoms with Gasteiger partial charge in [0.2, 0.25) is 0 Å². The third-order valence-corrected chi connectivity index (χ3v) is 4.16. The third kappa shape index (κ3) is 6.22. The molecular formula is C19H29NO3. The maximum atomic E-state index is 12.1. The van der Waals surface area contributed by atoms with Crippen LogP contribution in [0.5, 0.6) is 5.75 Å². The summed E-state index contributed by atoms with van der Waals surface area (Å²) in [7, 11) is 0. The van der Waals surface area contributed by atoms with Gasteiger partial charge in [-0.2, -0.15) is 0 Å². The second-order valence-electron chi connectivity index (χ2n) is 6.09. The van der Waals surface area contributed by atoms with Gasteiger partial charge in [-0.15, -0.1) is 0 Å². The van der Waals surface area contributed by atoms with Crippen LogP contribution in [0.15, 0.2) is 24.3 Å². The van der Waals surface area contributed by atoms with Gasteiger partial charge >= 0.3 is 5.97 Å². The van der Waals surface area contributed by atoms with Gasteiger partial charge < -0.3 is 14.4 Å². The second kappa shape index (κ2) is 10.3. The van der Waals surface area contributed by atoms with Crippen LogP contribution in [0.2, 0.25) is 0 Å². The zero-order valence-electron chi connectivity index (χ0n) is 14.3. The minimum Gasteiger partial charge on any atom is -0.493 e. The van der Waals surface area contributed by atoms with E-state index in [0.717, 1.165) is 25.8 Å². The van der Waals surface area contributed by atoms with Crippen molar-refractivity contribution in [2.45, 2.75) is 45.4 Å². The number of ether oxygens (including phenoxy) is 2. The van der Waals surface area contributed by atoms with Crippen molar-refractivity contribution in [1.82, 2.24) is 4.90 Å². The maximum absolute atomic E-state index is 12.1. The normalized spacial score (nSPS) is 15.3. The monoisotopic (exact) mass is 319 g/mol. The molecular weight excluding hydrogens is 290 g/mol. The molecule has 0 amide bonds. The lowest BCUT2D eigenvalue weighted by molar-refractivity contribution is 0.0495. The molecule has 1 aliphatic heterocycles. The summed E-state index contributed by atoms with van der Waals surface area (Å²) >= 11 is 0. The fourth-order valence-electron chi connectivity index (χ4n) is 2.80. The molecule has 2 rings (SSSR count). The van der Waals surface area contributed by atoms with Crippen molar-refractivity contribution in [3.63, 3.8) is 0 Å². The van der Waals surface area contributed by atoms with Crippen LogP contribution in [0.1, 0.15) is 55.8 Å². The molecule has 128 valence electrons. The average Bonchev–Trinajstić information content (AvgIpc) is 2.60. The van der Waals surface area contributed by atoms with Gasteiger partial charge in [0.1, 0.15) is 11.3 Å². The Morgan fingerprint density at radius 3 is 2.65 bits per heavy atom. The van der Waals surface area contributed by atoms with Crippen molar-refractivity contribution in [2.75, 3.05) is 32.8 Å². The summed E-state index contributed by atoms with van der Waals surface area (Å²) in [6.45, 7) is 6.67. The highest BCUT2D eigenvalue weighted by molar-refractivity contribution is 5.92. The van der Waals surface area contributed by atoms with Gasteiger partial charge in [0.25, 0.3) is 0 Å². The Morgan fingerprint density at radius 1 is 1.09 bits per heavy atom. The molecule has 0 unspecified atom stereocenters. The molecule has 4 heteroatoms. The molecule has 0 bridgehead atoms. The number of rotatable bonds is 9. The Bertz CT molecular complexity index is 469. The van der Waals surface area contributed by atoms with Gasteiger partial charge in [0.15, 0.2) is 0 Å². The van der Waals surface area contributed by atoms with Crippen LogP contribution in [0, 0.1) is 0 Å². The van der Waals surface area contributed by atoms with E-state index in [9.17, 15) is 4.79 Å². The van der Waals surface area contributed by atoms with Gasteiger partial charge in [0.05, 0.1) is 13.2 Å². The Kier molecular flexibility index (Phi) is 7.95. The Labute approximate surface area is 139 Å². The van der Waals surface area contributed by atoms with Crippen molar-refractivity contribution >= 4 is 5.97 Å². The first kappa shape index (κ1) is 17.8. The second-order valence-corrected chi connectivity index (χ2v) is 6.09. The fourth-order valence-corrected chi connectivity index (χ4v) is 2.80. The summed E-state index contributed by atoms with van der Waals surface area (Å²) in [6, 6.07) is 7.35. The molecule has 0 spiro atoms. The molecule has 4 nitrogen and oxygen atoms in total. The minimum atomic E-state index is -0.287. The first-order valence-corrected chi connectivity index (χ1v) is 8.92. The minimum absolute atomic E-state index is 0.287. The fraction of sp³-hybridized carbons (Fsp3) is 0.632. The highest BCUT2D eigenvalue weighted by Gasteiger charge is 2.14. The number of carbonyl (C=O) groups excluding carboxylic acids is 1. The van der Waals surface area contributed by atoms with Gasteiger partial charge in [-0.3, -0.25) is 0 Å². The van der Waals surface area contributed by atoms with Crippen LogP contribution >= 0.6 is 0 Å². The highest BCUT2D eigenvalue weighted by atomic mass is 16.5. The molecule has 0 aliphatic carbocycles. The number of piperidine rings is 1. The van der Waals surface area contributed by atoms with Gasteiger partial charge in [-0.05, 0) is 50.9 Å². The van der Waals surface area contributed by atoms with E-state index in [1.807, 2.05) is 18.2 Å². The van der Waals surface area contributed by atoms with Crippen molar-refractivity contribution < 1.29 is 14.3 Å². The van der Waals surface area contributed by atoms with E-state index in [1.54, 1.807) is 6.07 Å². The lowest BCUT2D eigenvalue weighted by Gasteiger charge is -2.26. The number of likely N-dealkylation sites (tertiary alicyclic amines) is 1. The summed E-state index contributed by atoms with van der Waals surface area (Å²) in [4.78, 5) is 14.6. The molecule has 0 aromatic heterocycles.